The van der Waals surface area contributed by atoms with Crippen molar-refractivity contribution in [2.24, 2.45) is 0 Å². The van der Waals surface area contributed by atoms with Gasteiger partial charge in [-0.05, 0) is 11.4 Å². The molecule has 15 heavy (non-hydrogen) atoms. The minimum atomic E-state index is -0.782. The number of halogens is 2. The van der Waals surface area contributed by atoms with E-state index in [-0.39, 0.29) is 8.58 Å². The van der Waals surface area contributed by atoms with Crippen LogP contribution in [-0.2, 0) is 0 Å². The van der Waals surface area contributed by atoms with E-state index in [0.717, 1.165) is 11.4 Å². The molecule has 0 amide bonds. The highest BCUT2D eigenvalue weighted by atomic mass is 31.1. The molecule has 0 N–H and O–H groups in total. The predicted octanol–water partition coefficient (Wildman–Crippen LogP) is 2.59. The monoisotopic (exact) mass is 222 g/mol. The van der Waals surface area contributed by atoms with Gasteiger partial charge < -0.3 is 0 Å². The van der Waals surface area contributed by atoms with Crippen LogP contribution in [0, 0.1) is 11.6 Å². The fraction of sp³-hybridized carbons (Fsp3) is 0. The maximum Gasteiger partial charge on any atom is 0.166 e. The molecule has 0 spiro atoms. The molecule has 0 saturated heterocycles. The van der Waals surface area contributed by atoms with Gasteiger partial charge in [0.25, 0.3) is 0 Å². The first-order valence-corrected chi connectivity index (χ1v) is 5.53. The lowest BCUT2D eigenvalue weighted by atomic mass is 10.3. The van der Waals surface area contributed by atoms with Crippen molar-refractivity contribution in [1.29, 1.82) is 0 Å². The maximum atomic E-state index is 13.3. The molecule has 0 aromatic heterocycles. The van der Waals surface area contributed by atoms with Gasteiger partial charge in [-0.1, -0.05) is 51.0 Å². The van der Waals surface area contributed by atoms with Crippen LogP contribution >= 0.6 is 8.58 Å². The number of benzene rings is 2. The molecule has 2 aromatic carbocycles. The Hall–Kier alpha value is -1.27. The second-order valence-corrected chi connectivity index (χ2v) is 4.46. The normalized spacial score (nSPS) is 11.1. The van der Waals surface area contributed by atoms with Crippen molar-refractivity contribution in [3.05, 3.63) is 60.2 Å². The van der Waals surface area contributed by atoms with Gasteiger partial charge in [-0.25, -0.2) is 8.78 Å². The lowest BCUT2D eigenvalue weighted by Crippen LogP contribution is -2.08. The van der Waals surface area contributed by atoms with Gasteiger partial charge in [0.05, 0.1) is 0 Å². The van der Waals surface area contributed by atoms with Gasteiger partial charge in [0.15, 0.2) is 11.6 Å². The van der Waals surface area contributed by atoms with E-state index >= 15 is 0 Å². The second kappa shape index (κ2) is 4.50. The van der Waals surface area contributed by atoms with Gasteiger partial charge in [-0.2, -0.15) is 0 Å². The Kier molecular flexibility index (Phi) is 3.08. The van der Waals surface area contributed by atoms with E-state index in [1.807, 2.05) is 30.3 Å². The molecule has 2 aromatic rings. The molecule has 0 nitrogen and oxygen atoms in total. The van der Waals surface area contributed by atoms with Crippen LogP contribution in [0.25, 0.3) is 0 Å². The first-order chi connectivity index (χ1) is 7.27. The summed E-state index contributed by atoms with van der Waals surface area (Å²) in [5.41, 5.74) is 0. The lowest BCUT2D eigenvalue weighted by molar-refractivity contribution is 0.514. The summed E-state index contributed by atoms with van der Waals surface area (Å²) < 4.78 is 26.2. The smallest absolute Gasteiger partial charge is 0.166 e. The molecular formula is C12H9F2P. The van der Waals surface area contributed by atoms with E-state index < -0.39 is 11.6 Å². The second-order valence-electron chi connectivity index (χ2n) is 3.09. The fourth-order valence-corrected chi connectivity index (χ4v) is 2.36. The van der Waals surface area contributed by atoms with Crippen LogP contribution in [0.3, 0.4) is 0 Å². The molecule has 1 unspecified atom stereocenters. The molecule has 0 aliphatic carbocycles. The Labute approximate surface area is 88.7 Å². The topological polar surface area (TPSA) is 0 Å². The molecule has 0 fully saturated rings. The summed E-state index contributed by atoms with van der Waals surface area (Å²) in [4.78, 5) is 0. The molecular weight excluding hydrogens is 213 g/mol. The molecule has 76 valence electrons. The van der Waals surface area contributed by atoms with Crippen molar-refractivity contribution in [1.82, 2.24) is 0 Å². The third-order valence-electron chi connectivity index (χ3n) is 2.00. The van der Waals surface area contributed by atoms with E-state index in [4.69, 9.17) is 0 Å². The molecule has 0 heterocycles. The van der Waals surface area contributed by atoms with E-state index in [2.05, 4.69) is 0 Å². The largest absolute Gasteiger partial charge is 0.204 e. The average Bonchev–Trinajstić information content (AvgIpc) is 2.26. The molecule has 0 saturated carbocycles. The lowest BCUT2D eigenvalue weighted by Gasteiger charge is -2.03. The third kappa shape index (κ3) is 2.40. The zero-order chi connectivity index (χ0) is 10.7. The van der Waals surface area contributed by atoms with Crippen LogP contribution in [0.1, 0.15) is 0 Å². The van der Waals surface area contributed by atoms with Gasteiger partial charge >= 0.3 is 0 Å². The standard InChI is InChI=1S/C12H9F2P/c13-10-7-4-8-11(12(10)14)15-9-5-2-1-3-6-9/h1-8,15H. The van der Waals surface area contributed by atoms with Gasteiger partial charge in [0.1, 0.15) is 0 Å². The maximum absolute atomic E-state index is 13.3. The highest BCUT2D eigenvalue weighted by Crippen LogP contribution is 2.14. The zero-order valence-electron chi connectivity index (χ0n) is 7.87. The van der Waals surface area contributed by atoms with Crippen LogP contribution in [0.2, 0.25) is 0 Å². The molecule has 3 heteroatoms. The summed E-state index contributed by atoms with van der Waals surface area (Å²) >= 11 is 0. The van der Waals surface area contributed by atoms with E-state index in [0.29, 0.717) is 5.30 Å². The summed E-state index contributed by atoms with van der Waals surface area (Å²) in [5.74, 6) is -1.52. The van der Waals surface area contributed by atoms with Crippen molar-refractivity contribution >= 4 is 19.2 Å². The molecule has 0 aliphatic rings. The molecule has 0 aliphatic heterocycles. The first-order valence-electron chi connectivity index (χ1n) is 4.53. The Morgan fingerprint density at radius 3 is 2.27 bits per heavy atom. The fourth-order valence-electron chi connectivity index (χ4n) is 1.28. The van der Waals surface area contributed by atoms with Crippen LogP contribution in [0.4, 0.5) is 8.78 Å². The van der Waals surface area contributed by atoms with Crippen molar-refractivity contribution in [2.75, 3.05) is 0 Å². The van der Waals surface area contributed by atoms with Crippen molar-refractivity contribution in [2.45, 2.75) is 0 Å². The molecule has 2 rings (SSSR count). The number of rotatable bonds is 2. The minimum absolute atomic E-state index is 0.157. The van der Waals surface area contributed by atoms with Gasteiger partial charge in [-0.3, -0.25) is 0 Å². The molecule has 0 radical (unpaired) electrons. The highest BCUT2D eigenvalue weighted by Gasteiger charge is 2.07. The van der Waals surface area contributed by atoms with E-state index in [1.165, 1.54) is 6.07 Å². The van der Waals surface area contributed by atoms with E-state index in [9.17, 15) is 8.78 Å². The summed E-state index contributed by atoms with van der Waals surface area (Å²) in [5, 5.41) is 1.42. The van der Waals surface area contributed by atoms with Crippen LogP contribution in [0.15, 0.2) is 48.5 Å². The summed E-state index contributed by atoms with van der Waals surface area (Å²) in [6, 6.07) is 13.8. The van der Waals surface area contributed by atoms with Crippen LogP contribution < -0.4 is 10.6 Å². The van der Waals surface area contributed by atoms with Gasteiger partial charge in [-0.15, -0.1) is 0 Å². The van der Waals surface area contributed by atoms with Crippen LogP contribution in [0.5, 0.6) is 0 Å². The first kappa shape index (κ1) is 10.3. The number of hydrogen-bond donors (Lipinski definition) is 0. The Morgan fingerprint density at radius 2 is 1.53 bits per heavy atom. The summed E-state index contributed by atoms with van der Waals surface area (Å²) in [6.45, 7) is 0. The van der Waals surface area contributed by atoms with Crippen molar-refractivity contribution in [3.63, 3.8) is 0 Å². The van der Waals surface area contributed by atoms with E-state index in [1.54, 1.807) is 6.07 Å². The predicted molar refractivity (Wildman–Crippen MR) is 60.4 cm³/mol. The molecule has 0 bridgehead atoms. The van der Waals surface area contributed by atoms with Crippen molar-refractivity contribution < 1.29 is 8.78 Å². The summed E-state index contributed by atoms with van der Waals surface area (Å²) in [6.07, 6.45) is 0. The van der Waals surface area contributed by atoms with Gasteiger partial charge in [0, 0.05) is 5.30 Å². The summed E-state index contributed by atoms with van der Waals surface area (Å²) in [7, 11) is 0.157. The number of hydrogen-bond acceptors (Lipinski definition) is 0. The third-order valence-corrected chi connectivity index (χ3v) is 3.28. The van der Waals surface area contributed by atoms with Crippen LogP contribution in [-0.4, -0.2) is 0 Å². The van der Waals surface area contributed by atoms with Crippen molar-refractivity contribution in [3.8, 4) is 0 Å². The average molecular weight is 222 g/mol. The Morgan fingerprint density at radius 1 is 0.800 bits per heavy atom. The quantitative estimate of drug-likeness (QED) is 0.685. The SMILES string of the molecule is Fc1cccc(Pc2ccccc2)c1F. The highest BCUT2D eigenvalue weighted by molar-refractivity contribution is 7.55. The zero-order valence-corrected chi connectivity index (χ0v) is 8.87. The molecule has 1 atom stereocenters. The Balaban J connectivity index is 2.29. The Bertz CT molecular complexity index is 454. The minimum Gasteiger partial charge on any atom is -0.204 e. The van der Waals surface area contributed by atoms with Gasteiger partial charge in [0.2, 0.25) is 0 Å².